The van der Waals surface area contributed by atoms with Crippen molar-refractivity contribution in [1.29, 1.82) is 0 Å². The highest BCUT2D eigenvalue weighted by molar-refractivity contribution is 5.76. The number of aromatic nitrogens is 2. The Bertz CT molecular complexity index is 923. The van der Waals surface area contributed by atoms with Gasteiger partial charge in [0.15, 0.2) is 0 Å². The highest BCUT2D eigenvalue weighted by Gasteiger charge is 2.14. The maximum atomic E-state index is 13.7. The zero-order valence-electron chi connectivity index (χ0n) is 14.0. The zero-order valence-corrected chi connectivity index (χ0v) is 14.0. The Morgan fingerprint density at radius 1 is 1.24 bits per heavy atom. The third-order valence-corrected chi connectivity index (χ3v) is 4.05. The van der Waals surface area contributed by atoms with Gasteiger partial charge in [0.25, 0.3) is 0 Å². The van der Waals surface area contributed by atoms with Crippen molar-refractivity contribution in [3.05, 3.63) is 65.5 Å². The van der Waals surface area contributed by atoms with Crippen LogP contribution >= 0.6 is 0 Å². The molecule has 0 fully saturated rings. The van der Waals surface area contributed by atoms with Crippen LogP contribution in [0.1, 0.15) is 11.4 Å². The third kappa shape index (κ3) is 3.60. The Kier molecular flexibility index (Phi) is 4.65. The Labute approximate surface area is 143 Å². The van der Waals surface area contributed by atoms with Crippen LogP contribution in [0.2, 0.25) is 0 Å². The number of nitrogens with zero attached hydrogens (tertiary/aromatic N) is 3. The molecule has 0 radical (unpaired) electrons. The average Bonchev–Trinajstić information content (AvgIpc) is 2.91. The summed E-state index contributed by atoms with van der Waals surface area (Å²) in [6.07, 6.45) is 0. The SMILES string of the molecule is CN(Cc1ccc(F)cc1F)C(=O)NCc1nc2ccccc2n1C. The first-order chi connectivity index (χ1) is 12.0. The Morgan fingerprint density at radius 2 is 2.00 bits per heavy atom. The molecule has 1 N–H and O–H groups in total. The van der Waals surface area contributed by atoms with Gasteiger partial charge in [-0.15, -0.1) is 0 Å². The van der Waals surface area contributed by atoms with E-state index in [1.165, 1.54) is 17.0 Å². The van der Waals surface area contributed by atoms with Crippen LogP contribution in [-0.4, -0.2) is 27.5 Å². The molecule has 0 spiro atoms. The zero-order chi connectivity index (χ0) is 18.0. The van der Waals surface area contributed by atoms with Crippen molar-refractivity contribution in [3.63, 3.8) is 0 Å². The van der Waals surface area contributed by atoms with E-state index in [2.05, 4.69) is 10.3 Å². The number of carbonyl (C=O) groups excluding carboxylic acids is 1. The molecule has 0 aliphatic heterocycles. The Hall–Kier alpha value is -2.96. The number of imidazole rings is 1. The first kappa shape index (κ1) is 16.9. The number of fused-ring (bicyclic) bond motifs is 1. The van der Waals surface area contributed by atoms with Gasteiger partial charge < -0.3 is 14.8 Å². The fourth-order valence-corrected chi connectivity index (χ4v) is 2.62. The second kappa shape index (κ2) is 6.88. The number of benzene rings is 2. The summed E-state index contributed by atoms with van der Waals surface area (Å²) >= 11 is 0. The van der Waals surface area contributed by atoms with Crippen LogP contribution in [0, 0.1) is 11.6 Å². The molecule has 3 rings (SSSR count). The summed E-state index contributed by atoms with van der Waals surface area (Å²) in [6.45, 7) is 0.292. The van der Waals surface area contributed by atoms with E-state index in [4.69, 9.17) is 0 Å². The number of hydrogen-bond acceptors (Lipinski definition) is 2. The molecule has 25 heavy (non-hydrogen) atoms. The van der Waals surface area contributed by atoms with Gasteiger partial charge in [0.2, 0.25) is 0 Å². The molecular weight excluding hydrogens is 326 g/mol. The number of nitrogens with one attached hydrogen (secondary N) is 1. The third-order valence-electron chi connectivity index (χ3n) is 4.05. The maximum Gasteiger partial charge on any atom is 0.317 e. The number of para-hydroxylation sites is 2. The van der Waals surface area contributed by atoms with Crippen molar-refractivity contribution >= 4 is 17.1 Å². The van der Waals surface area contributed by atoms with Crippen LogP contribution in [0.15, 0.2) is 42.5 Å². The van der Waals surface area contributed by atoms with Crippen molar-refractivity contribution in [3.8, 4) is 0 Å². The molecule has 2 aromatic carbocycles. The summed E-state index contributed by atoms with van der Waals surface area (Å²) in [5.74, 6) is -0.596. The largest absolute Gasteiger partial charge is 0.331 e. The number of aryl methyl sites for hydroxylation is 1. The molecule has 0 saturated carbocycles. The molecule has 0 aliphatic rings. The lowest BCUT2D eigenvalue weighted by molar-refractivity contribution is 0.205. The van der Waals surface area contributed by atoms with E-state index >= 15 is 0 Å². The van der Waals surface area contributed by atoms with Gasteiger partial charge in [-0.2, -0.15) is 0 Å². The van der Waals surface area contributed by atoms with E-state index < -0.39 is 11.6 Å². The number of amides is 2. The first-order valence-electron chi connectivity index (χ1n) is 7.79. The van der Waals surface area contributed by atoms with E-state index in [9.17, 15) is 13.6 Å². The number of halogens is 2. The molecule has 0 bridgehead atoms. The van der Waals surface area contributed by atoms with Crippen LogP contribution in [-0.2, 0) is 20.1 Å². The van der Waals surface area contributed by atoms with Gasteiger partial charge in [0.05, 0.1) is 17.6 Å². The predicted molar refractivity (Wildman–Crippen MR) is 90.8 cm³/mol. The first-order valence-corrected chi connectivity index (χ1v) is 7.79. The Balaban J connectivity index is 1.64. The lowest BCUT2D eigenvalue weighted by atomic mass is 10.2. The molecule has 5 nitrogen and oxygen atoms in total. The normalized spacial score (nSPS) is 10.9. The number of hydrogen-bond donors (Lipinski definition) is 1. The van der Waals surface area contributed by atoms with Crippen molar-refractivity contribution in [2.24, 2.45) is 7.05 Å². The molecule has 130 valence electrons. The predicted octanol–water partition coefficient (Wildman–Crippen LogP) is 3.19. The fourth-order valence-electron chi connectivity index (χ4n) is 2.62. The summed E-state index contributed by atoms with van der Waals surface area (Å²) < 4.78 is 28.5. The molecule has 0 aliphatic carbocycles. The van der Waals surface area contributed by atoms with Gasteiger partial charge in [-0.25, -0.2) is 18.6 Å². The van der Waals surface area contributed by atoms with Crippen molar-refractivity contribution < 1.29 is 13.6 Å². The highest BCUT2D eigenvalue weighted by Crippen LogP contribution is 2.14. The molecule has 3 aromatic rings. The summed E-state index contributed by atoms with van der Waals surface area (Å²) in [6, 6.07) is 10.6. The molecule has 2 amide bonds. The van der Waals surface area contributed by atoms with Gasteiger partial charge in [-0.1, -0.05) is 18.2 Å². The van der Waals surface area contributed by atoms with E-state index in [1.54, 1.807) is 7.05 Å². The topological polar surface area (TPSA) is 50.2 Å². The van der Waals surface area contributed by atoms with E-state index in [-0.39, 0.29) is 24.7 Å². The van der Waals surface area contributed by atoms with Gasteiger partial charge in [-0.05, 0) is 18.2 Å². The number of urea groups is 1. The van der Waals surface area contributed by atoms with E-state index in [1.807, 2.05) is 35.9 Å². The summed E-state index contributed by atoms with van der Waals surface area (Å²) in [5.41, 5.74) is 2.09. The second-order valence-corrected chi connectivity index (χ2v) is 5.83. The Morgan fingerprint density at radius 3 is 2.72 bits per heavy atom. The van der Waals surface area contributed by atoms with Gasteiger partial charge >= 0.3 is 6.03 Å². The number of carbonyl (C=O) groups is 1. The van der Waals surface area contributed by atoms with Crippen LogP contribution < -0.4 is 5.32 Å². The molecule has 0 saturated heterocycles. The van der Waals surface area contributed by atoms with Crippen molar-refractivity contribution in [2.75, 3.05) is 7.05 Å². The molecule has 7 heteroatoms. The quantitative estimate of drug-likeness (QED) is 0.790. The smallest absolute Gasteiger partial charge is 0.317 e. The van der Waals surface area contributed by atoms with Crippen LogP contribution in [0.4, 0.5) is 13.6 Å². The van der Waals surface area contributed by atoms with E-state index in [0.717, 1.165) is 22.9 Å². The van der Waals surface area contributed by atoms with Crippen molar-refractivity contribution in [2.45, 2.75) is 13.1 Å². The summed E-state index contributed by atoms with van der Waals surface area (Å²) in [5, 5.41) is 2.76. The second-order valence-electron chi connectivity index (χ2n) is 5.83. The fraction of sp³-hybridized carbons (Fsp3) is 0.222. The molecular formula is C18H18F2N4O. The van der Waals surface area contributed by atoms with Crippen molar-refractivity contribution in [1.82, 2.24) is 19.8 Å². The summed E-state index contributed by atoms with van der Waals surface area (Å²) in [4.78, 5) is 18.0. The van der Waals surface area contributed by atoms with Crippen LogP contribution in [0.5, 0.6) is 0 Å². The lowest BCUT2D eigenvalue weighted by Crippen LogP contribution is -2.37. The summed E-state index contributed by atoms with van der Waals surface area (Å²) in [7, 11) is 3.43. The molecule has 0 unspecified atom stereocenters. The minimum Gasteiger partial charge on any atom is -0.331 e. The average molecular weight is 344 g/mol. The monoisotopic (exact) mass is 344 g/mol. The molecule has 1 heterocycles. The number of rotatable bonds is 4. The van der Waals surface area contributed by atoms with Crippen LogP contribution in [0.3, 0.4) is 0 Å². The van der Waals surface area contributed by atoms with Gasteiger partial charge in [-0.3, -0.25) is 0 Å². The van der Waals surface area contributed by atoms with E-state index in [0.29, 0.717) is 0 Å². The van der Waals surface area contributed by atoms with Gasteiger partial charge in [0.1, 0.15) is 17.5 Å². The minimum absolute atomic E-state index is 0.0422. The van der Waals surface area contributed by atoms with Crippen LogP contribution in [0.25, 0.3) is 11.0 Å². The molecule has 0 atom stereocenters. The van der Waals surface area contributed by atoms with Gasteiger partial charge in [0, 0.05) is 32.3 Å². The minimum atomic E-state index is -0.671. The lowest BCUT2D eigenvalue weighted by Gasteiger charge is -2.18. The maximum absolute atomic E-state index is 13.7. The highest BCUT2D eigenvalue weighted by atomic mass is 19.1. The molecule has 1 aromatic heterocycles. The standard InChI is InChI=1S/C18H18F2N4O/c1-23(11-12-7-8-13(19)9-14(12)20)18(25)21-10-17-22-15-5-3-4-6-16(15)24(17)2/h3-9H,10-11H2,1-2H3,(H,21,25).